The molecule has 1 aromatic carbocycles. The molecule has 0 aliphatic carbocycles. The van der Waals surface area contributed by atoms with Gasteiger partial charge in [-0.25, -0.2) is 0 Å². The van der Waals surface area contributed by atoms with Crippen LogP contribution in [0, 0.1) is 0 Å². The van der Waals surface area contributed by atoms with Gasteiger partial charge in [-0.2, -0.15) is 0 Å². The maximum absolute atomic E-state index is 9.65. The van der Waals surface area contributed by atoms with E-state index in [1.165, 1.54) is 15.3 Å². The number of aliphatic hydroxyl groups is 1. The fourth-order valence-corrected chi connectivity index (χ4v) is 3.42. The third-order valence-corrected chi connectivity index (χ3v) is 4.47. The molecule has 0 atom stereocenters. The van der Waals surface area contributed by atoms with E-state index in [0.29, 0.717) is 6.54 Å². The lowest BCUT2D eigenvalue weighted by Gasteiger charge is -2.17. The monoisotopic (exact) mass is 339 g/mol. The van der Waals surface area contributed by atoms with E-state index < -0.39 is 5.60 Å². The molecule has 0 aliphatic heterocycles. The highest BCUT2D eigenvalue weighted by Gasteiger charge is 2.11. The van der Waals surface area contributed by atoms with Crippen molar-refractivity contribution in [2.24, 2.45) is 0 Å². The Bertz CT molecular complexity index is 545. The molecule has 0 spiro atoms. The Hall–Kier alpha value is -0.680. The lowest BCUT2D eigenvalue weighted by molar-refractivity contribution is 0.0796. The van der Waals surface area contributed by atoms with Crippen LogP contribution >= 0.6 is 27.3 Å². The molecule has 102 valence electrons. The molecule has 2 rings (SSSR count). The highest BCUT2D eigenvalue weighted by molar-refractivity contribution is 9.10. The molecule has 0 fully saturated rings. The Morgan fingerprint density at radius 1 is 1.21 bits per heavy atom. The third kappa shape index (κ3) is 4.42. The van der Waals surface area contributed by atoms with Crippen LogP contribution in [0.3, 0.4) is 0 Å². The zero-order chi connectivity index (χ0) is 13.9. The molecule has 0 unspecified atom stereocenters. The minimum absolute atomic E-state index is 0.593. The van der Waals surface area contributed by atoms with Crippen molar-refractivity contribution in [2.45, 2.75) is 26.0 Å². The molecule has 0 aliphatic rings. The lowest BCUT2D eigenvalue weighted by atomic mass is 10.1. The number of benzene rings is 1. The van der Waals surface area contributed by atoms with E-state index in [-0.39, 0.29) is 0 Å². The van der Waals surface area contributed by atoms with Gasteiger partial charge in [0.15, 0.2) is 0 Å². The van der Waals surface area contributed by atoms with E-state index >= 15 is 0 Å². The van der Waals surface area contributed by atoms with E-state index in [2.05, 4.69) is 45.5 Å². The first-order valence-corrected chi connectivity index (χ1v) is 7.83. The van der Waals surface area contributed by atoms with Gasteiger partial charge < -0.3 is 10.4 Å². The van der Waals surface area contributed by atoms with Gasteiger partial charge in [-0.3, -0.25) is 0 Å². The number of hydrogen-bond donors (Lipinski definition) is 2. The molecular formula is C15H18BrNOS. The van der Waals surface area contributed by atoms with E-state index in [1.807, 2.05) is 12.1 Å². The molecule has 0 saturated heterocycles. The normalized spacial score (nSPS) is 11.8. The molecule has 4 heteroatoms. The van der Waals surface area contributed by atoms with Gasteiger partial charge in [0.25, 0.3) is 0 Å². The van der Waals surface area contributed by atoms with Crippen molar-refractivity contribution in [3.8, 4) is 10.4 Å². The maximum Gasteiger partial charge on any atom is 0.0715 e. The summed E-state index contributed by atoms with van der Waals surface area (Å²) >= 11 is 5.36. The first kappa shape index (κ1) is 14.7. The maximum atomic E-state index is 9.65. The summed E-state index contributed by atoms with van der Waals surface area (Å²) in [7, 11) is 0. The average Bonchev–Trinajstić information content (AvgIpc) is 2.76. The topological polar surface area (TPSA) is 32.3 Å². The van der Waals surface area contributed by atoms with Crippen LogP contribution in [0.5, 0.6) is 0 Å². The molecule has 2 nitrogen and oxygen atoms in total. The van der Waals surface area contributed by atoms with Crippen molar-refractivity contribution in [3.05, 3.63) is 45.7 Å². The second-order valence-electron chi connectivity index (χ2n) is 5.16. The standard InChI is InChI=1S/C15H18BrNOS/c1-15(2,18)10-17-9-11-7-8-14(19-11)12-5-3-4-6-13(12)16/h3-8,17-18H,9-10H2,1-2H3. The lowest BCUT2D eigenvalue weighted by Crippen LogP contribution is -2.34. The second kappa shape index (κ2) is 6.18. The number of nitrogens with one attached hydrogen (secondary N) is 1. The van der Waals surface area contributed by atoms with Gasteiger partial charge in [0.2, 0.25) is 0 Å². The summed E-state index contributed by atoms with van der Waals surface area (Å²) in [5.74, 6) is 0. The minimum Gasteiger partial charge on any atom is -0.389 e. The van der Waals surface area contributed by atoms with Crippen molar-refractivity contribution >= 4 is 27.3 Å². The van der Waals surface area contributed by atoms with Crippen molar-refractivity contribution in [1.29, 1.82) is 0 Å². The number of halogens is 1. The Balaban J connectivity index is 2.02. The fraction of sp³-hybridized carbons (Fsp3) is 0.333. The van der Waals surface area contributed by atoms with E-state index in [4.69, 9.17) is 0 Å². The quantitative estimate of drug-likeness (QED) is 0.861. The zero-order valence-electron chi connectivity index (χ0n) is 11.1. The SMILES string of the molecule is CC(C)(O)CNCc1ccc(-c2ccccc2Br)s1. The summed E-state index contributed by atoms with van der Waals surface area (Å²) in [4.78, 5) is 2.53. The van der Waals surface area contributed by atoms with Crippen LogP contribution in [0.15, 0.2) is 40.9 Å². The van der Waals surface area contributed by atoms with Gasteiger partial charge in [-0.15, -0.1) is 11.3 Å². The van der Waals surface area contributed by atoms with Crippen molar-refractivity contribution in [3.63, 3.8) is 0 Å². The molecule has 2 N–H and O–H groups in total. The first-order valence-electron chi connectivity index (χ1n) is 6.22. The Labute approximate surface area is 126 Å². The molecule has 19 heavy (non-hydrogen) atoms. The molecule has 2 aromatic rings. The van der Waals surface area contributed by atoms with Crippen LogP contribution < -0.4 is 5.32 Å². The van der Waals surface area contributed by atoms with Gasteiger partial charge in [0.05, 0.1) is 5.60 Å². The van der Waals surface area contributed by atoms with Crippen molar-refractivity contribution in [1.82, 2.24) is 5.32 Å². The third-order valence-electron chi connectivity index (χ3n) is 2.66. The van der Waals surface area contributed by atoms with Gasteiger partial charge >= 0.3 is 0 Å². The molecule has 0 bridgehead atoms. The first-order chi connectivity index (χ1) is 8.96. The highest BCUT2D eigenvalue weighted by atomic mass is 79.9. The van der Waals surface area contributed by atoms with Crippen LogP contribution in [-0.4, -0.2) is 17.3 Å². The van der Waals surface area contributed by atoms with Gasteiger partial charge in [0, 0.05) is 32.9 Å². The summed E-state index contributed by atoms with van der Waals surface area (Å²) in [6.07, 6.45) is 0. The summed E-state index contributed by atoms with van der Waals surface area (Å²) in [6, 6.07) is 12.5. The molecular weight excluding hydrogens is 322 g/mol. The van der Waals surface area contributed by atoms with Gasteiger partial charge in [0.1, 0.15) is 0 Å². The molecule has 1 aromatic heterocycles. The fourth-order valence-electron chi connectivity index (χ4n) is 1.77. The van der Waals surface area contributed by atoms with Crippen molar-refractivity contribution < 1.29 is 5.11 Å². The van der Waals surface area contributed by atoms with E-state index in [0.717, 1.165) is 11.0 Å². The highest BCUT2D eigenvalue weighted by Crippen LogP contribution is 2.33. The predicted octanol–water partition coefficient (Wildman–Crippen LogP) is 4.04. The number of thiophene rings is 1. The van der Waals surface area contributed by atoms with Crippen LogP contribution in [0.4, 0.5) is 0 Å². The average molecular weight is 340 g/mol. The summed E-state index contributed by atoms with van der Waals surface area (Å²) < 4.78 is 1.12. The summed E-state index contributed by atoms with van der Waals surface area (Å²) in [6.45, 7) is 5.00. The molecule has 0 radical (unpaired) electrons. The summed E-state index contributed by atoms with van der Waals surface area (Å²) in [5.41, 5.74) is 0.559. The Kier molecular flexibility index (Phi) is 4.79. The van der Waals surface area contributed by atoms with Crippen LogP contribution in [-0.2, 0) is 6.54 Å². The Morgan fingerprint density at radius 2 is 1.95 bits per heavy atom. The smallest absolute Gasteiger partial charge is 0.0715 e. The van der Waals surface area contributed by atoms with Crippen LogP contribution in [0.2, 0.25) is 0 Å². The largest absolute Gasteiger partial charge is 0.389 e. The van der Waals surface area contributed by atoms with Crippen LogP contribution in [0.25, 0.3) is 10.4 Å². The number of hydrogen-bond acceptors (Lipinski definition) is 3. The molecule has 1 heterocycles. The Morgan fingerprint density at radius 3 is 2.63 bits per heavy atom. The second-order valence-corrected chi connectivity index (χ2v) is 7.18. The van der Waals surface area contributed by atoms with E-state index in [9.17, 15) is 5.11 Å². The predicted molar refractivity (Wildman–Crippen MR) is 85.5 cm³/mol. The van der Waals surface area contributed by atoms with E-state index in [1.54, 1.807) is 25.2 Å². The zero-order valence-corrected chi connectivity index (χ0v) is 13.5. The van der Waals surface area contributed by atoms with Gasteiger partial charge in [-0.05, 0) is 32.0 Å². The molecule has 0 saturated carbocycles. The minimum atomic E-state index is -0.664. The molecule has 0 amide bonds. The summed E-state index contributed by atoms with van der Waals surface area (Å²) in [5, 5.41) is 12.9. The van der Waals surface area contributed by atoms with Crippen LogP contribution in [0.1, 0.15) is 18.7 Å². The van der Waals surface area contributed by atoms with Crippen molar-refractivity contribution in [2.75, 3.05) is 6.54 Å². The van der Waals surface area contributed by atoms with Gasteiger partial charge in [-0.1, -0.05) is 34.1 Å². The number of rotatable bonds is 5.